The first-order valence-corrected chi connectivity index (χ1v) is 40.4. The van der Waals surface area contributed by atoms with E-state index in [0.717, 1.165) is 4.90 Å². The fraction of sp³-hybridized carbons (Fsp3) is 0.605. The number of rotatable bonds is 50. The van der Waals surface area contributed by atoms with Crippen molar-refractivity contribution in [3.8, 4) is 11.4 Å². The SMILES string of the molecule is CC[C@@]1(O)C(=O)OCc2c1cc1n(c2=O)Cc2c-1nc1cc(F)c(C)c3c1c2[C@@H](NC(=O)OCc1ccc(NC(=O)[C@H](CCCNC(N)=O)NC(=O)[C@@H](NC(=O)CCOCCOCCOCCN(C)C(=O)CN(CC(=O)N(C)CCOCCOCCOCCC(=O)O)C(=O)CCOCCNC(=O)OC(C)(C)C)C(C)C)cc1CNC)CC3.O=C(O)C(F)(F)F. The summed E-state index contributed by atoms with van der Waals surface area (Å²) in [5, 5.41) is 47.5. The average Bonchev–Trinajstić information content (AvgIpc) is 1.52. The molecule has 39 nitrogen and oxygen atoms in total. The van der Waals surface area contributed by atoms with E-state index in [2.05, 4.69) is 37.2 Å². The van der Waals surface area contributed by atoms with Crippen molar-refractivity contribution in [1.29, 1.82) is 0 Å². The first-order chi connectivity index (χ1) is 58.7. The summed E-state index contributed by atoms with van der Waals surface area (Å²) < 4.78 is 104. The number of aryl methyl sites for hydroxylation is 1. The van der Waals surface area contributed by atoms with Crippen molar-refractivity contribution in [2.75, 3.05) is 158 Å². The van der Waals surface area contributed by atoms with Crippen molar-refractivity contribution in [1.82, 2.24) is 56.2 Å². The van der Waals surface area contributed by atoms with Gasteiger partial charge in [0.1, 0.15) is 49.8 Å². The van der Waals surface area contributed by atoms with Crippen LogP contribution in [0, 0.1) is 18.7 Å². The predicted molar refractivity (Wildman–Crippen MR) is 434 cm³/mol. The zero-order valence-corrected chi connectivity index (χ0v) is 71.4. The summed E-state index contributed by atoms with van der Waals surface area (Å²) in [5.41, 5.74) is 7.22. The van der Waals surface area contributed by atoms with Gasteiger partial charge in [0.25, 0.3) is 5.56 Å². The number of alkyl carbamates (subject to hydrolysis) is 2. The standard InChI is InChI=1S/C79H114FN13O24.C2HF3O2/c1-11-79(107)56-40-61-70-54(43-93(61)73(102)55(56)47-115-74(79)103)68-58(17-16-53-49(4)57(80)41-60(86-70)67(53)68)88-77(106)116-46-50-14-15-52(39-51(50)42-82-8)85-71(100)59(13-12-21-83-75(81)104)87-72(101)69(48(2)3)89-62(94)18-25-109-31-35-113-37-33-111-29-23-90(9)64(96)44-92(63(95)19-26-108-28-22-84-76(105)117-78(5,6)7)45-65(97)91(10)24-30-112-34-38-114-36-32-110-27-20-66(98)99;3-2(4,5)1(6)7/h14-15,39-41,48,58-59,69,82,107H,11-13,16-38,42-47H2,1-10H3,(H,84,105)(H,85,100)(H,87,101)(H,88,106)(H,89,94)(H,98,99)(H3,81,83,104);(H,6,7)/t58-,59-,69-,79-;/m0./s1. The minimum Gasteiger partial charge on any atom is -0.481 e. The molecule has 43 heteroatoms. The van der Waals surface area contributed by atoms with Crippen LogP contribution in [0.4, 0.5) is 37.6 Å². The molecule has 0 spiro atoms. The number of halogens is 4. The molecule has 3 aliphatic rings. The molecule has 124 heavy (non-hydrogen) atoms. The first-order valence-electron chi connectivity index (χ1n) is 40.4. The van der Waals surface area contributed by atoms with Gasteiger partial charge < -0.3 is 125 Å². The highest BCUT2D eigenvalue weighted by Gasteiger charge is 2.46. The van der Waals surface area contributed by atoms with Gasteiger partial charge in [-0.2, -0.15) is 13.2 Å². The Labute approximate surface area is 713 Å². The molecule has 4 aromatic rings. The molecule has 0 fully saturated rings. The number of alkyl halides is 3. The number of aliphatic carboxylic acids is 2. The molecule has 2 aliphatic heterocycles. The van der Waals surface area contributed by atoms with E-state index < -0.39 is 137 Å². The fourth-order valence-corrected chi connectivity index (χ4v) is 13.1. The number of amides is 10. The second-order valence-electron chi connectivity index (χ2n) is 30.5. The van der Waals surface area contributed by atoms with Gasteiger partial charge in [0.15, 0.2) is 5.60 Å². The number of anilines is 1. The van der Waals surface area contributed by atoms with E-state index >= 15 is 4.39 Å². The third-order valence-corrected chi connectivity index (χ3v) is 19.8. The van der Waals surface area contributed by atoms with Gasteiger partial charge in [0, 0.05) is 81.5 Å². The number of pyridine rings is 2. The molecule has 2 aromatic carbocycles. The second kappa shape index (κ2) is 49.6. The molecule has 688 valence electrons. The maximum Gasteiger partial charge on any atom is 0.490 e. The van der Waals surface area contributed by atoms with E-state index in [-0.39, 0.29) is 195 Å². The number of fused-ring (bicyclic) bond motifs is 5. The fourth-order valence-electron chi connectivity index (χ4n) is 13.1. The second-order valence-corrected chi connectivity index (χ2v) is 30.5. The largest absolute Gasteiger partial charge is 0.490 e. The van der Waals surface area contributed by atoms with Crippen molar-refractivity contribution in [2.24, 2.45) is 11.7 Å². The Morgan fingerprint density at radius 1 is 0.718 bits per heavy atom. The number of aromatic nitrogens is 2. The van der Waals surface area contributed by atoms with Crippen LogP contribution in [0.1, 0.15) is 137 Å². The highest BCUT2D eigenvalue weighted by Crippen LogP contribution is 2.46. The van der Waals surface area contributed by atoms with E-state index in [1.54, 1.807) is 79.8 Å². The quantitative estimate of drug-likeness (QED) is 0.0115. The summed E-state index contributed by atoms with van der Waals surface area (Å²) in [6.07, 6.45) is -5.98. The number of ether oxygens (including phenoxy) is 10. The first kappa shape index (κ1) is 102. The number of benzene rings is 2. The van der Waals surface area contributed by atoms with Crippen LogP contribution in [0.2, 0.25) is 0 Å². The molecule has 2 aromatic heterocycles. The maximum absolute atomic E-state index is 15.6. The van der Waals surface area contributed by atoms with Crippen molar-refractivity contribution < 1.29 is 138 Å². The number of carboxylic acid groups (broad SMARTS) is 2. The number of hydrogen-bond donors (Lipinski definition) is 11. The van der Waals surface area contributed by atoms with E-state index in [9.17, 15) is 75.8 Å². The number of primary amides is 1. The number of hydrogen-bond acceptors (Lipinski definition) is 26. The number of esters is 1. The van der Waals surface area contributed by atoms with Crippen LogP contribution in [0.25, 0.3) is 22.3 Å². The van der Waals surface area contributed by atoms with E-state index in [1.165, 1.54) is 34.5 Å². The molecule has 10 amide bonds. The molecule has 0 radical (unpaired) electrons. The van der Waals surface area contributed by atoms with Gasteiger partial charge in [-0.1, -0.05) is 26.8 Å². The molecule has 12 N–H and O–H groups in total. The van der Waals surface area contributed by atoms with Crippen molar-refractivity contribution in [3.05, 3.63) is 91.0 Å². The van der Waals surface area contributed by atoms with Gasteiger partial charge in [-0.25, -0.2) is 33.3 Å². The smallest absolute Gasteiger partial charge is 0.481 e. The van der Waals surface area contributed by atoms with Gasteiger partial charge in [-0.3, -0.25) is 38.4 Å². The Kier molecular flexibility index (Phi) is 40.8. The monoisotopic (exact) mass is 1760 g/mol. The Bertz CT molecular complexity index is 4430. The number of nitrogens with zero attached hydrogens (tertiary/aromatic N) is 5. The summed E-state index contributed by atoms with van der Waals surface area (Å²) in [5.74, 6) is -8.73. The van der Waals surface area contributed by atoms with E-state index in [1.807, 2.05) is 0 Å². The minimum atomic E-state index is -5.08. The number of likely N-dealkylation sites (N-methyl/N-ethyl adjacent to an activating group) is 2. The zero-order valence-electron chi connectivity index (χ0n) is 71.4. The van der Waals surface area contributed by atoms with Crippen molar-refractivity contribution >= 4 is 88.2 Å². The number of carbonyl (C=O) groups excluding carboxylic acids is 10. The Morgan fingerprint density at radius 2 is 1.30 bits per heavy atom. The van der Waals surface area contributed by atoms with Gasteiger partial charge in [-0.15, -0.1) is 0 Å². The number of carboxylic acids is 2. The summed E-state index contributed by atoms with van der Waals surface area (Å²) >= 11 is 0. The lowest BCUT2D eigenvalue weighted by molar-refractivity contribution is -0.192. The third-order valence-electron chi connectivity index (χ3n) is 19.8. The molecule has 4 heterocycles. The Hall–Kier alpha value is -10.8. The highest BCUT2D eigenvalue weighted by molar-refractivity contribution is 5.99. The molecule has 4 atom stereocenters. The third kappa shape index (κ3) is 31.8. The van der Waals surface area contributed by atoms with E-state index in [4.69, 9.17) is 73.1 Å². The lowest BCUT2D eigenvalue weighted by atomic mass is 9.81. The minimum absolute atomic E-state index is 0.0262. The lowest BCUT2D eigenvalue weighted by Gasteiger charge is -2.31. The van der Waals surface area contributed by atoms with E-state index in [0.29, 0.717) is 74.2 Å². The maximum atomic E-state index is 15.6. The van der Waals surface area contributed by atoms with Crippen LogP contribution >= 0.6 is 0 Å². The van der Waals surface area contributed by atoms with Crippen LogP contribution in [0.3, 0.4) is 0 Å². The summed E-state index contributed by atoms with van der Waals surface area (Å²) in [7, 11) is 4.77. The lowest BCUT2D eigenvalue weighted by Crippen LogP contribution is -2.54. The molecule has 0 bridgehead atoms. The topological polar surface area (TPSA) is 513 Å². The number of aliphatic hydroxyl groups is 1. The zero-order chi connectivity index (χ0) is 91.6. The number of carbonyl (C=O) groups is 12. The van der Waals surface area contributed by atoms with Gasteiger partial charge in [-0.05, 0) is 119 Å². The Morgan fingerprint density at radius 3 is 1.86 bits per heavy atom. The molecule has 7 rings (SSSR count). The van der Waals surface area contributed by atoms with Gasteiger partial charge in [0.05, 0.1) is 140 Å². The molecule has 0 unspecified atom stereocenters. The van der Waals surface area contributed by atoms with Crippen LogP contribution in [-0.2, 0) is 129 Å². The van der Waals surface area contributed by atoms with Gasteiger partial charge >= 0.3 is 42.3 Å². The molecule has 1 aliphatic carbocycles. The van der Waals surface area contributed by atoms with Crippen molar-refractivity contribution in [3.63, 3.8) is 0 Å². The number of nitrogens with one attached hydrogen (secondary N) is 7. The van der Waals surface area contributed by atoms with Crippen LogP contribution in [0.15, 0.2) is 35.1 Å². The van der Waals surface area contributed by atoms with Crippen LogP contribution in [-0.4, -0.2) is 288 Å². The number of cyclic esters (lactones) is 1. The highest BCUT2D eigenvalue weighted by atomic mass is 19.4. The average molecular weight is 1760 g/mol. The van der Waals surface area contributed by atoms with Gasteiger partial charge in [0.2, 0.25) is 35.4 Å². The van der Waals surface area contributed by atoms with Crippen LogP contribution in [0.5, 0.6) is 0 Å². The molecular formula is C81H115F4N13O26. The Balaban J connectivity index is 0.00000325. The number of nitrogens with two attached hydrogens (primary N) is 1. The summed E-state index contributed by atoms with van der Waals surface area (Å²) in [6, 6.07) is 4.12. The predicted octanol–water partition coefficient (Wildman–Crippen LogP) is 3.45. The molecule has 0 saturated heterocycles. The summed E-state index contributed by atoms with van der Waals surface area (Å²) in [6.45, 7) is 13.1. The number of urea groups is 1. The molecule has 0 saturated carbocycles. The summed E-state index contributed by atoms with van der Waals surface area (Å²) in [4.78, 5) is 175. The van der Waals surface area contributed by atoms with Crippen molar-refractivity contribution in [2.45, 2.75) is 162 Å². The molecular weight excluding hydrogens is 1650 g/mol. The normalized spacial score (nSPS) is 14.8. The van der Waals surface area contributed by atoms with Crippen LogP contribution < -0.4 is 48.5 Å².